The first-order chi connectivity index (χ1) is 14.1. The zero-order chi connectivity index (χ0) is 22.1. The molecule has 1 atom stereocenters. The van der Waals surface area contributed by atoms with E-state index in [9.17, 15) is 18.0 Å². The van der Waals surface area contributed by atoms with Crippen molar-refractivity contribution in [3.05, 3.63) is 41.2 Å². The number of hydrogen-bond donors (Lipinski definition) is 2. The second-order valence-electron chi connectivity index (χ2n) is 7.59. The van der Waals surface area contributed by atoms with Crippen molar-refractivity contribution in [1.82, 2.24) is 20.0 Å². The highest BCUT2D eigenvalue weighted by Crippen LogP contribution is 2.36. The summed E-state index contributed by atoms with van der Waals surface area (Å²) in [6.45, 7) is 6.35. The summed E-state index contributed by atoms with van der Waals surface area (Å²) in [7, 11) is 3.61. The summed E-state index contributed by atoms with van der Waals surface area (Å²) in [6, 6.07) is 4.07. The summed E-state index contributed by atoms with van der Waals surface area (Å²) in [6.07, 6.45) is -4.66. The Morgan fingerprint density at radius 3 is 2.30 bits per heavy atom. The first-order valence-electron chi connectivity index (χ1n) is 9.74. The van der Waals surface area contributed by atoms with E-state index in [0.717, 1.165) is 31.9 Å². The quantitative estimate of drug-likeness (QED) is 0.791. The average Bonchev–Trinajstić information content (AvgIpc) is 2.92. The van der Waals surface area contributed by atoms with E-state index in [1.54, 1.807) is 26.1 Å². The van der Waals surface area contributed by atoms with Crippen LogP contribution < -0.4 is 15.5 Å². The largest absolute Gasteiger partial charge is 0.413 e. The number of anilines is 2. The molecule has 1 fully saturated rings. The van der Waals surface area contributed by atoms with Crippen molar-refractivity contribution >= 4 is 17.4 Å². The number of nitrogens with zero attached hydrogens (tertiary/aromatic N) is 4. The van der Waals surface area contributed by atoms with Gasteiger partial charge in [0, 0.05) is 44.5 Å². The summed E-state index contributed by atoms with van der Waals surface area (Å²) >= 11 is 0. The van der Waals surface area contributed by atoms with Gasteiger partial charge in [0.1, 0.15) is 0 Å². The monoisotopic (exact) mass is 424 g/mol. The maximum Gasteiger partial charge on any atom is 0.413 e. The van der Waals surface area contributed by atoms with Crippen molar-refractivity contribution in [1.29, 1.82) is 0 Å². The molecule has 0 unspecified atom stereocenters. The Labute approximate surface area is 173 Å². The van der Waals surface area contributed by atoms with Crippen LogP contribution >= 0.6 is 0 Å². The van der Waals surface area contributed by atoms with Gasteiger partial charge in [-0.3, -0.25) is 4.68 Å². The highest BCUT2D eigenvalue weighted by atomic mass is 19.4. The molecule has 10 heteroatoms. The van der Waals surface area contributed by atoms with Gasteiger partial charge in [-0.05, 0) is 33.0 Å². The summed E-state index contributed by atoms with van der Waals surface area (Å²) in [5.41, 5.74) is 1.81. The van der Waals surface area contributed by atoms with E-state index in [2.05, 4.69) is 25.5 Å². The third-order valence-electron chi connectivity index (χ3n) is 5.45. The fraction of sp³-hybridized carbons (Fsp3) is 0.500. The molecular weight excluding hydrogens is 397 g/mol. The first kappa shape index (κ1) is 21.9. The smallest absolute Gasteiger partial charge is 0.367 e. The van der Waals surface area contributed by atoms with Crippen molar-refractivity contribution in [2.75, 3.05) is 43.4 Å². The first-order valence-corrected chi connectivity index (χ1v) is 9.74. The Kier molecular flexibility index (Phi) is 6.25. The van der Waals surface area contributed by atoms with Crippen molar-refractivity contribution in [3.8, 4) is 0 Å². The van der Waals surface area contributed by atoms with Gasteiger partial charge < -0.3 is 20.4 Å². The Morgan fingerprint density at radius 1 is 1.10 bits per heavy atom. The average molecular weight is 424 g/mol. The van der Waals surface area contributed by atoms with Crippen molar-refractivity contribution < 1.29 is 18.0 Å². The number of hydrogen-bond acceptors (Lipinski definition) is 4. The Balaban J connectivity index is 1.80. The number of aromatic nitrogens is 2. The van der Waals surface area contributed by atoms with Gasteiger partial charge in [0.15, 0.2) is 6.04 Å². The molecule has 7 nitrogen and oxygen atoms in total. The van der Waals surface area contributed by atoms with Gasteiger partial charge in [0.05, 0.1) is 17.1 Å². The number of likely N-dealkylation sites (N-methyl/N-ethyl adjacent to an activating group) is 1. The molecule has 1 aliphatic heterocycles. The van der Waals surface area contributed by atoms with Crippen molar-refractivity contribution in [3.63, 3.8) is 0 Å². The van der Waals surface area contributed by atoms with E-state index in [4.69, 9.17) is 0 Å². The second-order valence-corrected chi connectivity index (χ2v) is 7.59. The van der Waals surface area contributed by atoms with Crippen molar-refractivity contribution in [2.45, 2.75) is 26.1 Å². The molecule has 0 radical (unpaired) electrons. The number of amides is 2. The Hall–Kier alpha value is -2.75. The lowest BCUT2D eigenvalue weighted by Gasteiger charge is -2.35. The SMILES string of the molecule is Cc1nn(C)c(C)c1[C@@H](NC(=O)Nc1ccccc1N1CCN(C)CC1)C(F)(F)F. The minimum atomic E-state index is -4.66. The van der Waals surface area contributed by atoms with Gasteiger partial charge in [-0.15, -0.1) is 0 Å². The molecule has 30 heavy (non-hydrogen) atoms. The van der Waals surface area contributed by atoms with Gasteiger partial charge >= 0.3 is 12.2 Å². The molecule has 1 saturated heterocycles. The van der Waals surface area contributed by atoms with Gasteiger partial charge in [0.25, 0.3) is 0 Å². The van der Waals surface area contributed by atoms with Crippen LogP contribution in [0.2, 0.25) is 0 Å². The third-order valence-corrected chi connectivity index (χ3v) is 5.45. The van der Waals surface area contributed by atoms with E-state index in [1.165, 1.54) is 11.6 Å². The predicted octanol–water partition coefficient (Wildman–Crippen LogP) is 3.21. The van der Waals surface area contributed by atoms with Crippen LogP contribution in [0.5, 0.6) is 0 Å². The van der Waals surface area contributed by atoms with Crippen LogP contribution in [0.1, 0.15) is 23.0 Å². The number of benzene rings is 1. The number of rotatable bonds is 4. The number of aryl methyl sites for hydroxylation is 2. The number of para-hydroxylation sites is 2. The summed E-state index contributed by atoms with van der Waals surface area (Å²) < 4.78 is 42.7. The number of nitrogens with one attached hydrogen (secondary N) is 2. The Bertz CT molecular complexity index is 902. The second kappa shape index (κ2) is 8.55. The van der Waals surface area contributed by atoms with Crippen LogP contribution in [0.3, 0.4) is 0 Å². The lowest BCUT2D eigenvalue weighted by atomic mass is 10.0. The molecule has 2 N–H and O–H groups in total. The van der Waals surface area contributed by atoms with Crippen LogP contribution in [0.25, 0.3) is 0 Å². The van der Waals surface area contributed by atoms with E-state index in [0.29, 0.717) is 11.4 Å². The molecule has 1 aromatic carbocycles. The molecular formula is C20H27F3N6O. The molecule has 1 aliphatic rings. The summed E-state index contributed by atoms with van der Waals surface area (Å²) in [4.78, 5) is 16.9. The predicted molar refractivity (Wildman–Crippen MR) is 110 cm³/mol. The van der Waals surface area contributed by atoms with Crippen LogP contribution in [-0.4, -0.2) is 60.1 Å². The maximum absolute atomic E-state index is 13.8. The zero-order valence-corrected chi connectivity index (χ0v) is 17.5. The molecule has 1 aromatic heterocycles. The maximum atomic E-state index is 13.8. The number of carbonyl (C=O) groups is 1. The van der Waals surface area contributed by atoms with Crippen molar-refractivity contribution in [2.24, 2.45) is 7.05 Å². The van der Waals surface area contributed by atoms with E-state index >= 15 is 0 Å². The number of piperazine rings is 1. The molecule has 2 amide bonds. The zero-order valence-electron chi connectivity index (χ0n) is 17.5. The van der Waals surface area contributed by atoms with E-state index in [-0.39, 0.29) is 11.3 Å². The number of carbonyl (C=O) groups excluding carboxylic acids is 1. The van der Waals surface area contributed by atoms with Crippen LogP contribution in [0, 0.1) is 13.8 Å². The summed E-state index contributed by atoms with van der Waals surface area (Å²) in [5, 5.41) is 8.76. The number of urea groups is 1. The topological polar surface area (TPSA) is 65.4 Å². The minimum Gasteiger partial charge on any atom is -0.367 e. The molecule has 0 saturated carbocycles. The fourth-order valence-corrected chi connectivity index (χ4v) is 3.72. The fourth-order valence-electron chi connectivity index (χ4n) is 3.72. The van der Waals surface area contributed by atoms with Crippen LogP contribution in [0.4, 0.5) is 29.3 Å². The lowest BCUT2D eigenvalue weighted by molar-refractivity contribution is -0.155. The van der Waals surface area contributed by atoms with Gasteiger partial charge in [-0.25, -0.2) is 4.79 Å². The van der Waals surface area contributed by atoms with Crippen LogP contribution in [0.15, 0.2) is 24.3 Å². The highest BCUT2D eigenvalue weighted by Gasteiger charge is 2.44. The number of halogens is 3. The summed E-state index contributed by atoms with van der Waals surface area (Å²) in [5.74, 6) is 0. The molecule has 0 spiro atoms. The van der Waals surface area contributed by atoms with Crippen LogP contribution in [-0.2, 0) is 7.05 Å². The molecule has 3 rings (SSSR count). The molecule has 0 aliphatic carbocycles. The van der Waals surface area contributed by atoms with Gasteiger partial charge in [-0.2, -0.15) is 18.3 Å². The Morgan fingerprint density at radius 2 is 1.73 bits per heavy atom. The van der Waals surface area contributed by atoms with Gasteiger partial charge in [0.2, 0.25) is 0 Å². The molecule has 0 bridgehead atoms. The molecule has 2 aromatic rings. The molecule has 164 valence electrons. The van der Waals surface area contributed by atoms with Gasteiger partial charge in [-0.1, -0.05) is 12.1 Å². The normalized spacial score (nSPS) is 16.4. The lowest BCUT2D eigenvalue weighted by Crippen LogP contribution is -2.45. The minimum absolute atomic E-state index is 0.0347. The standard InChI is InChI=1S/C20H27F3N6O/c1-13-17(14(2)28(4)26-13)18(20(21,22)23)25-19(30)24-15-7-5-6-8-16(15)29-11-9-27(3)10-12-29/h5-8,18H,9-12H2,1-4H3,(H2,24,25,30)/t18-/m1/s1. The third kappa shape index (κ3) is 4.69. The van der Waals surface area contributed by atoms with E-state index in [1.807, 2.05) is 19.2 Å². The highest BCUT2D eigenvalue weighted by molar-refractivity contribution is 5.93. The molecule has 2 heterocycles. The van der Waals surface area contributed by atoms with E-state index < -0.39 is 18.2 Å². The number of alkyl halides is 3.